The largest absolute Gasteiger partial charge is 0.452 e. The van der Waals surface area contributed by atoms with Gasteiger partial charge in [0.2, 0.25) is 0 Å². The average molecular weight is 378 g/mol. The van der Waals surface area contributed by atoms with Crippen molar-refractivity contribution in [2.45, 2.75) is 17.9 Å². The van der Waals surface area contributed by atoms with Gasteiger partial charge in [0.05, 0.1) is 10.7 Å². The van der Waals surface area contributed by atoms with Crippen LogP contribution in [0.1, 0.15) is 6.92 Å². The number of esters is 1. The normalized spacial score (nSPS) is 11.5. The Labute approximate surface area is 152 Å². The van der Waals surface area contributed by atoms with Gasteiger partial charge in [0.15, 0.2) is 6.10 Å². The lowest BCUT2D eigenvalue weighted by Gasteiger charge is -2.13. The maximum absolute atomic E-state index is 12.8. The van der Waals surface area contributed by atoms with E-state index in [2.05, 4.69) is 5.32 Å². The zero-order valence-corrected chi connectivity index (χ0v) is 14.5. The molecule has 0 aliphatic carbocycles. The molecule has 1 atom stereocenters. The molecule has 0 heterocycles. The molecule has 7 nitrogen and oxygen atoms in total. The van der Waals surface area contributed by atoms with Crippen LogP contribution in [-0.2, 0) is 14.3 Å². The minimum absolute atomic E-state index is 0.0389. The van der Waals surface area contributed by atoms with E-state index in [0.717, 1.165) is 11.8 Å². The highest BCUT2D eigenvalue weighted by Gasteiger charge is 2.18. The topological polar surface area (TPSA) is 98.5 Å². The van der Waals surface area contributed by atoms with Crippen LogP contribution >= 0.6 is 11.8 Å². The third kappa shape index (κ3) is 5.85. The van der Waals surface area contributed by atoms with Gasteiger partial charge >= 0.3 is 5.97 Å². The molecule has 0 aliphatic heterocycles. The summed E-state index contributed by atoms with van der Waals surface area (Å²) in [4.78, 5) is 34.5. The van der Waals surface area contributed by atoms with Gasteiger partial charge in [0.1, 0.15) is 5.82 Å². The standard InChI is InChI=1S/C17H15FN2O5S/c1-11(17(22)19-13-4-2-12(18)3-5-13)25-16(21)10-26-15-8-6-14(7-9-15)20(23)24/h2-9,11H,10H2,1H3,(H,19,22)/t11-/m0/s1. The molecule has 2 rings (SSSR count). The minimum Gasteiger partial charge on any atom is -0.452 e. The second-order valence-electron chi connectivity index (χ2n) is 5.17. The van der Waals surface area contributed by atoms with Crippen LogP contribution in [0.25, 0.3) is 0 Å². The summed E-state index contributed by atoms with van der Waals surface area (Å²) >= 11 is 1.14. The van der Waals surface area contributed by atoms with E-state index in [1.807, 2.05) is 0 Å². The molecule has 0 aliphatic rings. The lowest BCUT2D eigenvalue weighted by Crippen LogP contribution is -2.30. The Morgan fingerprint density at radius 2 is 1.81 bits per heavy atom. The van der Waals surface area contributed by atoms with Crippen molar-refractivity contribution in [1.29, 1.82) is 0 Å². The number of thioether (sulfide) groups is 1. The van der Waals surface area contributed by atoms with Gasteiger partial charge in [0, 0.05) is 22.7 Å². The van der Waals surface area contributed by atoms with E-state index in [4.69, 9.17) is 4.74 Å². The first-order chi connectivity index (χ1) is 12.3. The fraction of sp³-hybridized carbons (Fsp3) is 0.176. The van der Waals surface area contributed by atoms with E-state index in [-0.39, 0.29) is 11.4 Å². The number of nitrogens with one attached hydrogen (secondary N) is 1. The van der Waals surface area contributed by atoms with E-state index in [1.54, 1.807) is 0 Å². The predicted octanol–water partition coefficient (Wildman–Crippen LogP) is 3.40. The first kappa shape index (κ1) is 19.4. The average Bonchev–Trinajstić information content (AvgIpc) is 2.62. The lowest BCUT2D eigenvalue weighted by molar-refractivity contribution is -0.384. The number of non-ortho nitro benzene ring substituents is 1. The summed E-state index contributed by atoms with van der Waals surface area (Å²) < 4.78 is 17.9. The molecule has 0 radical (unpaired) electrons. The summed E-state index contributed by atoms with van der Waals surface area (Å²) in [6, 6.07) is 10.9. The number of amides is 1. The SMILES string of the molecule is C[C@H](OC(=O)CSc1ccc([N+](=O)[O-])cc1)C(=O)Nc1ccc(F)cc1. The van der Waals surface area contributed by atoms with Crippen molar-refractivity contribution in [2.75, 3.05) is 11.1 Å². The molecule has 0 aromatic heterocycles. The number of nitro benzene ring substituents is 1. The zero-order chi connectivity index (χ0) is 19.1. The third-order valence-electron chi connectivity index (χ3n) is 3.19. The summed E-state index contributed by atoms with van der Waals surface area (Å²) in [5.41, 5.74) is 0.350. The number of ether oxygens (including phenoxy) is 1. The van der Waals surface area contributed by atoms with E-state index in [1.165, 1.54) is 55.5 Å². The molecule has 26 heavy (non-hydrogen) atoms. The zero-order valence-electron chi connectivity index (χ0n) is 13.7. The molecule has 0 unspecified atom stereocenters. The monoisotopic (exact) mass is 378 g/mol. The number of rotatable bonds is 7. The Morgan fingerprint density at radius 3 is 2.38 bits per heavy atom. The quantitative estimate of drug-likeness (QED) is 0.343. The summed E-state index contributed by atoms with van der Waals surface area (Å²) in [6.07, 6.45) is -1.02. The van der Waals surface area contributed by atoms with Gasteiger partial charge in [-0.15, -0.1) is 11.8 Å². The Kier molecular flexibility index (Phi) is 6.67. The number of carbonyl (C=O) groups is 2. The van der Waals surface area contributed by atoms with Gasteiger partial charge in [-0.1, -0.05) is 0 Å². The van der Waals surface area contributed by atoms with Gasteiger partial charge in [-0.05, 0) is 43.3 Å². The number of anilines is 1. The minimum atomic E-state index is -1.02. The molecule has 2 aromatic carbocycles. The van der Waals surface area contributed by atoms with Gasteiger partial charge in [-0.2, -0.15) is 0 Å². The second-order valence-corrected chi connectivity index (χ2v) is 6.22. The molecule has 136 valence electrons. The Balaban J connectivity index is 1.79. The number of carbonyl (C=O) groups excluding carboxylic acids is 2. The molecule has 0 bridgehead atoms. The third-order valence-corrected chi connectivity index (χ3v) is 4.18. The fourth-order valence-electron chi connectivity index (χ4n) is 1.87. The highest BCUT2D eigenvalue weighted by molar-refractivity contribution is 8.00. The van der Waals surface area contributed by atoms with Gasteiger partial charge in [-0.25, -0.2) is 4.39 Å². The highest BCUT2D eigenvalue weighted by Crippen LogP contribution is 2.21. The van der Waals surface area contributed by atoms with Crippen LogP contribution in [0.3, 0.4) is 0 Å². The highest BCUT2D eigenvalue weighted by atomic mass is 32.2. The van der Waals surface area contributed by atoms with Crippen molar-refractivity contribution in [1.82, 2.24) is 0 Å². The summed E-state index contributed by atoms with van der Waals surface area (Å²) in [6.45, 7) is 1.42. The summed E-state index contributed by atoms with van der Waals surface area (Å²) in [5, 5.41) is 13.1. The second kappa shape index (κ2) is 8.95. The van der Waals surface area contributed by atoms with Gasteiger partial charge in [0.25, 0.3) is 11.6 Å². The van der Waals surface area contributed by atoms with Crippen molar-refractivity contribution in [3.63, 3.8) is 0 Å². The maximum Gasteiger partial charge on any atom is 0.317 e. The van der Waals surface area contributed by atoms with E-state index in [9.17, 15) is 24.1 Å². The van der Waals surface area contributed by atoms with Crippen molar-refractivity contribution < 1.29 is 23.6 Å². The maximum atomic E-state index is 12.8. The Morgan fingerprint density at radius 1 is 1.19 bits per heavy atom. The number of halogens is 1. The van der Waals surface area contributed by atoms with Crippen molar-refractivity contribution >= 4 is 35.0 Å². The van der Waals surface area contributed by atoms with Crippen molar-refractivity contribution in [3.8, 4) is 0 Å². The number of benzene rings is 2. The molecule has 1 amide bonds. The summed E-state index contributed by atoms with van der Waals surface area (Å²) in [7, 11) is 0. The number of hydrogen-bond donors (Lipinski definition) is 1. The van der Waals surface area contributed by atoms with E-state index >= 15 is 0 Å². The predicted molar refractivity (Wildman–Crippen MR) is 94.4 cm³/mol. The number of nitrogens with zero attached hydrogens (tertiary/aromatic N) is 1. The van der Waals surface area contributed by atoms with Crippen LogP contribution in [0.5, 0.6) is 0 Å². The van der Waals surface area contributed by atoms with Crippen LogP contribution in [0.4, 0.5) is 15.8 Å². The van der Waals surface area contributed by atoms with Crippen LogP contribution in [-0.4, -0.2) is 28.7 Å². The molecule has 0 saturated heterocycles. The number of hydrogen-bond acceptors (Lipinski definition) is 6. The Hall–Kier alpha value is -2.94. The van der Waals surface area contributed by atoms with Crippen LogP contribution in [0.2, 0.25) is 0 Å². The lowest BCUT2D eigenvalue weighted by atomic mass is 10.3. The van der Waals surface area contributed by atoms with Gasteiger partial charge in [-0.3, -0.25) is 19.7 Å². The first-order valence-electron chi connectivity index (χ1n) is 7.48. The Bertz CT molecular complexity index is 796. The molecule has 1 N–H and O–H groups in total. The fourth-order valence-corrected chi connectivity index (χ4v) is 2.55. The molecule has 0 saturated carbocycles. The molecule has 9 heteroatoms. The summed E-state index contributed by atoms with van der Waals surface area (Å²) in [5.74, 6) is -1.61. The van der Waals surface area contributed by atoms with Crippen LogP contribution in [0.15, 0.2) is 53.4 Å². The first-order valence-corrected chi connectivity index (χ1v) is 8.47. The molecular formula is C17H15FN2O5S. The molecule has 2 aromatic rings. The van der Waals surface area contributed by atoms with Crippen LogP contribution in [0, 0.1) is 15.9 Å². The van der Waals surface area contributed by atoms with E-state index < -0.39 is 28.7 Å². The smallest absolute Gasteiger partial charge is 0.317 e. The molecular weight excluding hydrogens is 363 g/mol. The molecule has 0 spiro atoms. The number of nitro groups is 1. The van der Waals surface area contributed by atoms with Gasteiger partial charge < -0.3 is 10.1 Å². The van der Waals surface area contributed by atoms with Crippen molar-refractivity contribution in [2.24, 2.45) is 0 Å². The molecule has 0 fully saturated rings. The van der Waals surface area contributed by atoms with Crippen molar-refractivity contribution in [3.05, 3.63) is 64.5 Å². The van der Waals surface area contributed by atoms with Crippen LogP contribution < -0.4 is 5.32 Å². The van der Waals surface area contributed by atoms with E-state index in [0.29, 0.717) is 10.6 Å².